The van der Waals surface area contributed by atoms with E-state index in [2.05, 4.69) is 4.98 Å². The number of methoxy groups -OCH3 is 2. The first kappa shape index (κ1) is 16.3. The minimum atomic E-state index is -3.47. The highest BCUT2D eigenvalue weighted by Crippen LogP contribution is 2.33. The fourth-order valence-electron chi connectivity index (χ4n) is 2.26. The highest BCUT2D eigenvalue weighted by molar-refractivity contribution is 7.90. The molecule has 0 amide bonds. The Morgan fingerprint density at radius 2 is 1.73 bits per heavy atom. The summed E-state index contributed by atoms with van der Waals surface area (Å²) in [5.41, 5.74) is 0.320. The van der Waals surface area contributed by atoms with Gasteiger partial charge >= 0.3 is 5.69 Å². The minimum Gasteiger partial charge on any atom is -0.493 e. The maximum Gasteiger partial charge on any atom is 0.349 e. The van der Waals surface area contributed by atoms with Crippen LogP contribution in [0.2, 0.25) is 0 Å². The fourth-order valence-corrected chi connectivity index (χ4v) is 2.85. The summed E-state index contributed by atoms with van der Waals surface area (Å²) >= 11 is 0. The smallest absolute Gasteiger partial charge is 0.349 e. The Balaban J connectivity index is 2.96. The average molecular weight is 326 g/mol. The number of aromatic nitrogens is 2. The van der Waals surface area contributed by atoms with E-state index in [4.69, 9.17) is 9.47 Å². The SMILES string of the molecule is COc1cc2c(C)nc(=O)n(C(C)S(C)(=O)=O)c2cc1OC. The Kier molecular flexibility index (Phi) is 4.15. The van der Waals surface area contributed by atoms with E-state index < -0.39 is 20.9 Å². The predicted octanol–water partition coefficient (Wildman–Crippen LogP) is 1.29. The molecule has 0 radical (unpaired) electrons. The van der Waals surface area contributed by atoms with E-state index in [9.17, 15) is 13.2 Å². The van der Waals surface area contributed by atoms with Crippen LogP contribution in [0.3, 0.4) is 0 Å². The molecular formula is C14H18N2O5S. The average Bonchev–Trinajstić information content (AvgIpc) is 2.44. The number of hydrogen-bond donors (Lipinski definition) is 0. The van der Waals surface area contributed by atoms with E-state index in [0.29, 0.717) is 28.1 Å². The molecule has 0 bridgehead atoms. The quantitative estimate of drug-likeness (QED) is 0.841. The van der Waals surface area contributed by atoms with Crippen LogP contribution in [0.25, 0.3) is 10.9 Å². The van der Waals surface area contributed by atoms with Crippen molar-refractivity contribution in [2.45, 2.75) is 19.2 Å². The van der Waals surface area contributed by atoms with E-state index in [1.54, 1.807) is 19.1 Å². The molecule has 0 N–H and O–H groups in total. The van der Waals surface area contributed by atoms with Crippen LogP contribution in [0, 0.1) is 6.92 Å². The van der Waals surface area contributed by atoms with Gasteiger partial charge in [0.05, 0.1) is 25.4 Å². The third kappa shape index (κ3) is 2.66. The molecule has 1 unspecified atom stereocenters. The zero-order valence-corrected chi connectivity index (χ0v) is 13.9. The van der Waals surface area contributed by atoms with Crippen molar-refractivity contribution >= 4 is 20.7 Å². The lowest BCUT2D eigenvalue weighted by Gasteiger charge is -2.18. The lowest BCUT2D eigenvalue weighted by atomic mass is 10.1. The van der Waals surface area contributed by atoms with E-state index in [1.807, 2.05) is 0 Å². The summed E-state index contributed by atoms with van der Waals surface area (Å²) in [6.45, 7) is 3.13. The molecule has 0 saturated heterocycles. The maximum absolute atomic E-state index is 12.2. The van der Waals surface area contributed by atoms with Crippen LogP contribution >= 0.6 is 0 Å². The maximum atomic E-state index is 12.2. The largest absolute Gasteiger partial charge is 0.493 e. The molecular weight excluding hydrogens is 308 g/mol. The molecule has 0 saturated carbocycles. The van der Waals surface area contributed by atoms with Gasteiger partial charge in [-0.1, -0.05) is 0 Å². The minimum absolute atomic E-state index is 0.412. The van der Waals surface area contributed by atoms with Crippen molar-refractivity contribution in [1.29, 1.82) is 0 Å². The van der Waals surface area contributed by atoms with Gasteiger partial charge in [0.2, 0.25) is 0 Å². The van der Waals surface area contributed by atoms with Crippen molar-refractivity contribution in [2.75, 3.05) is 20.5 Å². The van der Waals surface area contributed by atoms with Crippen LogP contribution in [0.15, 0.2) is 16.9 Å². The van der Waals surface area contributed by atoms with Crippen molar-refractivity contribution in [3.63, 3.8) is 0 Å². The van der Waals surface area contributed by atoms with Crippen molar-refractivity contribution in [1.82, 2.24) is 9.55 Å². The van der Waals surface area contributed by atoms with Crippen LogP contribution < -0.4 is 15.2 Å². The second-order valence-electron chi connectivity index (χ2n) is 5.00. The normalized spacial score (nSPS) is 13.1. The first-order valence-corrected chi connectivity index (χ1v) is 8.50. The van der Waals surface area contributed by atoms with E-state index in [-0.39, 0.29) is 0 Å². The van der Waals surface area contributed by atoms with Gasteiger partial charge in [0.1, 0.15) is 5.37 Å². The van der Waals surface area contributed by atoms with Crippen molar-refractivity contribution < 1.29 is 17.9 Å². The summed E-state index contributed by atoms with van der Waals surface area (Å²) in [5, 5.41) is -0.401. The molecule has 1 aromatic heterocycles. The molecule has 0 spiro atoms. The number of nitrogens with zero attached hydrogens (tertiary/aromatic N) is 2. The molecule has 0 aliphatic rings. The van der Waals surface area contributed by atoms with Crippen LogP contribution in [0.4, 0.5) is 0 Å². The van der Waals surface area contributed by atoms with Crippen LogP contribution in [0.5, 0.6) is 11.5 Å². The van der Waals surface area contributed by atoms with Crippen molar-refractivity contribution in [3.05, 3.63) is 28.3 Å². The summed E-state index contributed by atoms with van der Waals surface area (Å²) in [7, 11) is -0.493. The summed E-state index contributed by atoms with van der Waals surface area (Å²) in [6, 6.07) is 3.27. The summed E-state index contributed by atoms with van der Waals surface area (Å²) in [5.74, 6) is 0.895. The monoisotopic (exact) mass is 326 g/mol. The molecule has 1 aromatic carbocycles. The Morgan fingerprint density at radius 3 is 2.23 bits per heavy atom. The first-order chi connectivity index (χ1) is 10.2. The predicted molar refractivity (Wildman–Crippen MR) is 83.4 cm³/mol. The second kappa shape index (κ2) is 5.60. The zero-order valence-electron chi connectivity index (χ0n) is 13.1. The molecule has 22 heavy (non-hydrogen) atoms. The van der Waals surface area contributed by atoms with Gasteiger partial charge in [0.15, 0.2) is 21.3 Å². The van der Waals surface area contributed by atoms with Gasteiger partial charge < -0.3 is 9.47 Å². The Labute approximate surface area is 128 Å². The standard InChI is InChI=1S/C14H18N2O5S/c1-8-10-6-12(20-3)13(21-4)7-11(10)16(14(17)15-8)9(2)22(5,18)19/h6-7,9H,1-5H3. The van der Waals surface area contributed by atoms with Crippen molar-refractivity contribution in [2.24, 2.45) is 0 Å². The first-order valence-electron chi connectivity index (χ1n) is 6.54. The van der Waals surface area contributed by atoms with Gasteiger partial charge in [0, 0.05) is 17.7 Å². The highest BCUT2D eigenvalue weighted by Gasteiger charge is 2.23. The van der Waals surface area contributed by atoms with Gasteiger partial charge in [-0.3, -0.25) is 4.57 Å². The fraction of sp³-hybridized carbons (Fsp3) is 0.429. The van der Waals surface area contributed by atoms with Gasteiger partial charge in [0.25, 0.3) is 0 Å². The number of fused-ring (bicyclic) bond motifs is 1. The molecule has 0 aliphatic heterocycles. The number of ether oxygens (including phenoxy) is 2. The Bertz CT molecular complexity index is 886. The highest BCUT2D eigenvalue weighted by atomic mass is 32.2. The number of sulfone groups is 1. The third-order valence-electron chi connectivity index (χ3n) is 3.60. The van der Waals surface area contributed by atoms with Crippen molar-refractivity contribution in [3.8, 4) is 11.5 Å². The lowest BCUT2D eigenvalue weighted by molar-refractivity contribution is 0.355. The van der Waals surface area contributed by atoms with Crippen LogP contribution in [-0.4, -0.2) is 38.4 Å². The second-order valence-corrected chi connectivity index (χ2v) is 7.34. The van der Waals surface area contributed by atoms with Gasteiger partial charge in [-0.15, -0.1) is 0 Å². The molecule has 0 aliphatic carbocycles. The molecule has 1 heterocycles. The van der Waals surface area contributed by atoms with E-state index in [1.165, 1.54) is 21.1 Å². The molecule has 2 rings (SSSR count). The Hall–Kier alpha value is -2.09. The van der Waals surface area contributed by atoms with E-state index >= 15 is 0 Å². The molecule has 7 nitrogen and oxygen atoms in total. The summed E-state index contributed by atoms with van der Waals surface area (Å²) < 4.78 is 35.3. The van der Waals surface area contributed by atoms with Crippen LogP contribution in [0.1, 0.15) is 18.0 Å². The van der Waals surface area contributed by atoms with E-state index in [0.717, 1.165) is 10.8 Å². The topological polar surface area (TPSA) is 87.5 Å². The number of rotatable bonds is 4. The van der Waals surface area contributed by atoms with Gasteiger partial charge in [-0.25, -0.2) is 13.2 Å². The molecule has 1 atom stereocenters. The number of hydrogen-bond acceptors (Lipinski definition) is 6. The van der Waals surface area contributed by atoms with Gasteiger partial charge in [-0.05, 0) is 19.9 Å². The molecule has 120 valence electrons. The molecule has 0 fully saturated rings. The summed E-state index contributed by atoms with van der Waals surface area (Å²) in [4.78, 5) is 16.1. The molecule has 8 heteroatoms. The Morgan fingerprint density at radius 1 is 1.18 bits per heavy atom. The summed E-state index contributed by atoms with van der Waals surface area (Å²) in [6.07, 6.45) is 1.08. The number of aryl methyl sites for hydroxylation is 1. The number of benzene rings is 1. The van der Waals surface area contributed by atoms with Gasteiger partial charge in [-0.2, -0.15) is 4.98 Å². The zero-order chi connectivity index (χ0) is 16.7. The lowest BCUT2D eigenvalue weighted by Crippen LogP contribution is -2.30. The third-order valence-corrected chi connectivity index (χ3v) is 5.05. The molecule has 2 aromatic rings. The van der Waals surface area contributed by atoms with Crippen LogP contribution in [-0.2, 0) is 9.84 Å².